The van der Waals surface area contributed by atoms with Crippen molar-refractivity contribution in [3.63, 3.8) is 0 Å². The third kappa shape index (κ3) is 5.86. The predicted molar refractivity (Wildman–Crippen MR) is 173 cm³/mol. The molecule has 2 amide bonds. The fourth-order valence-corrected chi connectivity index (χ4v) is 5.41. The molecule has 0 aliphatic heterocycles. The van der Waals surface area contributed by atoms with Crippen LogP contribution in [0.3, 0.4) is 0 Å². The standard InChI is InChI=1S/C37H32N4O2/c1-24-12-3-5-14-26(24)34-22-30(28-16-7-9-18-32(28)40-34)36(42)38-20-11-21-39-37(43)31-23-35(27-15-6-4-13-25(27)2)41-33-19-10-8-17-29(31)33/h3-10,12-19,22-23H,11,20-21H2,1-2H3,(H,38,42)(H,39,43). The van der Waals surface area contributed by atoms with Crippen molar-refractivity contribution in [1.82, 2.24) is 20.6 Å². The molecule has 212 valence electrons. The lowest BCUT2D eigenvalue weighted by atomic mass is 10.0. The van der Waals surface area contributed by atoms with E-state index in [0.29, 0.717) is 30.6 Å². The zero-order chi connectivity index (χ0) is 29.8. The van der Waals surface area contributed by atoms with E-state index in [1.54, 1.807) is 0 Å². The van der Waals surface area contributed by atoms with Crippen LogP contribution in [0.5, 0.6) is 0 Å². The van der Waals surface area contributed by atoms with E-state index in [4.69, 9.17) is 9.97 Å². The van der Waals surface area contributed by atoms with E-state index in [9.17, 15) is 9.59 Å². The first-order chi connectivity index (χ1) is 21.0. The number of aromatic nitrogens is 2. The normalized spacial score (nSPS) is 11.0. The monoisotopic (exact) mass is 564 g/mol. The van der Waals surface area contributed by atoms with Gasteiger partial charge in [0.2, 0.25) is 0 Å². The number of pyridine rings is 2. The third-order valence-electron chi connectivity index (χ3n) is 7.69. The fourth-order valence-electron chi connectivity index (χ4n) is 5.41. The van der Waals surface area contributed by atoms with Gasteiger partial charge in [-0.15, -0.1) is 0 Å². The van der Waals surface area contributed by atoms with E-state index in [-0.39, 0.29) is 11.8 Å². The Morgan fingerprint density at radius 3 is 1.40 bits per heavy atom. The Morgan fingerprint density at radius 1 is 0.558 bits per heavy atom. The number of nitrogens with one attached hydrogen (secondary N) is 2. The lowest BCUT2D eigenvalue weighted by Gasteiger charge is -2.13. The summed E-state index contributed by atoms with van der Waals surface area (Å²) < 4.78 is 0. The molecule has 0 aliphatic carbocycles. The summed E-state index contributed by atoms with van der Waals surface area (Å²) in [4.78, 5) is 36.4. The number of para-hydroxylation sites is 2. The van der Waals surface area contributed by atoms with Crippen LogP contribution in [0.1, 0.15) is 38.3 Å². The van der Waals surface area contributed by atoms with Gasteiger partial charge in [-0.25, -0.2) is 9.97 Å². The molecule has 2 N–H and O–H groups in total. The van der Waals surface area contributed by atoms with Crippen molar-refractivity contribution in [3.05, 3.63) is 131 Å². The summed E-state index contributed by atoms with van der Waals surface area (Å²) in [6.07, 6.45) is 0.582. The highest BCUT2D eigenvalue weighted by atomic mass is 16.2. The summed E-state index contributed by atoms with van der Waals surface area (Å²) in [6.45, 7) is 4.92. The van der Waals surface area contributed by atoms with Crippen LogP contribution in [0.4, 0.5) is 0 Å². The van der Waals surface area contributed by atoms with E-state index in [0.717, 1.165) is 55.4 Å². The lowest BCUT2D eigenvalue weighted by molar-refractivity contribution is 0.0953. The SMILES string of the molecule is Cc1ccccc1-c1cc(C(=O)NCCCNC(=O)c2cc(-c3ccccc3C)nc3ccccc23)c2ccccc2n1. The molecule has 0 bridgehead atoms. The fraction of sp³-hybridized carbons (Fsp3) is 0.135. The number of fused-ring (bicyclic) bond motifs is 2. The minimum atomic E-state index is -0.164. The molecular weight excluding hydrogens is 532 g/mol. The number of carbonyl (C=O) groups excluding carboxylic acids is 2. The van der Waals surface area contributed by atoms with Crippen LogP contribution in [0.25, 0.3) is 44.3 Å². The molecule has 0 saturated carbocycles. The molecule has 6 aromatic rings. The second kappa shape index (κ2) is 12.2. The molecule has 0 aliphatic rings. The minimum Gasteiger partial charge on any atom is -0.352 e. The Kier molecular flexibility index (Phi) is 7.92. The van der Waals surface area contributed by atoms with Crippen molar-refractivity contribution in [2.45, 2.75) is 20.3 Å². The second-order valence-electron chi connectivity index (χ2n) is 10.6. The molecule has 0 saturated heterocycles. The molecule has 0 spiro atoms. The maximum absolute atomic E-state index is 13.4. The van der Waals surface area contributed by atoms with E-state index in [1.807, 2.05) is 123 Å². The molecule has 6 rings (SSSR count). The number of benzene rings is 4. The Balaban J connectivity index is 1.14. The summed E-state index contributed by atoms with van der Waals surface area (Å²) in [7, 11) is 0. The van der Waals surface area contributed by atoms with Crippen molar-refractivity contribution in [2.75, 3.05) is 13.1 Å². The molecule has 6 nitrogen and oxygen atoms in total. The molecule has 0 radical (unpaired) electrons. The molecule has 2 aromatic heterocycles. The maximum Gasteiger partial charge on any atom is 0.252 e. The Hall–Kier alpha value is -5.36. The molecule has 43 heavy (non-hydrogen) atoms. The second-order valence-corrected chi connectivity index (χ2v) is 10.6. The predicted octanol–water partition coefficient (Wildman–Crippen LogP) is 7.28. The first-order valence-electron chi connectivity index (χ1n) is 14.5. The van der Waals surface area contributed by atoms with Gasteiger partial charge in [0.25, 0.3) is 11.8 Å². The highest BCUT2D eigenvalue weighted by molar-refractivity contribution is 6.08. The average molecular weight is 565 g/mol. The van der Waals surface area contributed by atoms with Gasteiger partial charge in [0.05, 0.1) is 33.5 Å². The summed E-state index contributed by atoms with van der Waals surface area (Å²) in [5, 5.41) is 7.68. The van der Waals surface area contributed by atoms with Crippen LogP contribution in [0, 0.1) is 13.8 Å². The number of hydrogen-bond donors (Lipinski definition) is 2. The number of rotatable bonds is 8. The lowest BCUT2D eigenvalue weighted by Crippen LogP contribution is -2.30. The van der Waals surface area contributed by atoms with Crippen molar-refractivity contribution in [3.8, 4) is 22.5 Å². The quantitative estimate of drug-likeness (QED) is 0.190. The van der Waals surface area contributed by atoms with Crippen LogP contribution in [-0.4, -0.2) is 34.9 Å². The molecule has 2 heterocycles. The van der Waals surface area contributed by atoms with Gasteiger partial charge in [-0.1, -0.05) is 84.9 Å². The van der Waals surface area contributed by atoms with Crippen LogP contribution < -0.4 is 10.6 Å². The first-order valence-corrected chi connectivity index (χ1v) is 14.5. The number of carbonyl (C=O) groups is 2. The molecule has 6 heteroatoms. The average Bonchev–Trinajstić information content (AvgIpc) is 3.03. The van der Waals surface area contributed by atoms with Crippen LogP contribution in [0.2, 0.25) is 0 Å². The van der Waals surface area contributed by atoms with E-state index >= 15 is 0 Å². The summed E-state index contributed by atoms with van der Waals surface area (Å²) in [5.74, 6) is -0.328. The molecule has 0 atom stereocenters. The summed E-state index contributed by atoms with van der Waals surface area (Å²) in [5.41, 5.74) is 8.44. The van der Waals surface area contributed by atoms with Gasteiger partial charge in [0.15, 0.2) is 0 Å². The smallest absolute Gasteiger partial charge is 0.252 e. The summed E-state index contributed by atoms with van der Waals surface area (Å²) >= 11 is 0. The molecule has 0 fully saturated rings. The van der Waals surface area contributed by atoms with Gasteiger partial charge in [-0.3, -0.25) is 9.59 Å². The molecule has 4 aromatic carbocycles. The Bertz CT molecular complexity index is 1840. The largest absolute Gasteiger partial charge is 0.352 e. The van der Waals surface area contributed by atoms with E-state index in [2.05, 4.69) is 10.6 Å². The van der Waals surface area contributed by atoms with Crippen molar-refractivity contribution in [2.24, 2.45) is 0 Å². The van der Waals surface area contributed by atoms with Crippen molar-refractivity contribution >= 4 is 33.6 Å². The van der Waals surface area contributed by atoms with Gasteiger partial charge in [-0.05, 0) is 55.7 Å². The first kappa shape index (κ1) is 27.8. The minimum absolute atomic E-state index is 0.164. The van der Waals surface area contributed by atoms with E-state index < -0.39 is 0 Å². The van der Waals surface area contributed by atoms with Crippen LogP contribution >= 0.6 is 0 Å². The Labute approximate surface area is 250 Å². The van der Waals surface area contributed by atoms with Crippen LogP contribution in [0.15, 0.2) is 109 Å². The van der Waals surface area contributed by atoms with Gasteiger partial charge < -0.3 is 10.6 Å². The van der Waals surface area contributed by atoms with Crippen LogP contribution in [-0.2, 0) is 0 Å². The van der Waals surface area contributed by atoms with Gasteiger partial charge in [0, 0.05) is 35.0 Å². The number of amides is 2. The topological polar surface area (TPSA) is 84.0 Å². The highest BCUT2D eigenvalue weighted by Gasteiger charge is 2.16. The third-order valence-corrected chi connectivity index (χ3v) is 7.69. The highest BCUT2D eigenvalue weighted by Crippen LogP contribution is 2.28. The van der Waals surface area contributed by atoms with Gasteiger partial charge in [0.1, 0.15) is 0 Å². The summed E-state index contributed by atoms with van der Waals surface area (Å²) in [6, 6.07) is 35.2. The maximum atomic E-state index is 13.4. The Morgan fingerprint density at radius 2 is 0.953 bits per heavy atom. The zero-order valence-corrected chi connectivity index (χ0v) is 24.2. The van der Waals surface area contributed by atoms with Gasteiger partial charge >= 0.3 is 0 Å². The molecule has 0 unspecified atom stereocenters. The van der Waals surface area contributed by atoms with Crippen molar-refractivity contribution in [1.29, 1.82) is 0 Å². The zero-order valence-electron chi connectivity index (χ0n) is 24.2. The van der Waals surface area contributed by atoms with Gasteiger partial charge in [-0.2, -0.15) is 0 Å². The van der Waals surface area contributed by atoms with Crippen molar-refractivity contribution < 1.29 is 9.59 Å². The van der Waals surface area contributed by atoms with E-state index in [1.165, 1.54) is 0 Å². The number of hydrogen-bond acceptors (Lipinski definition) is 4. The number of aryl methyl sites for hydroxylation is 2. The molecular formula is C37H32N4O2. The number of nitrogens with zero attached hydrogens (tertiary/aromatic N) is 2.